The molecule has 0 bridgehead atoms. The molecule has 2 atom stereocenters. The fourth-order valence-corrected chi connectivity index (χ4v) is 2.29. The highest BCUT2D eigenvalue weighted by atomic mass is 16.2. The van der Waals surface area contributed by atoms with Crippen molar-refractivity contribution in [2.75, 3.05) is 26.2 Å². The number of nitrogens with one attached hydrogen (secondary N) is 1. The first-order valence-corrected chi connectivity index (χ1v) is 4.99. The van der Waals surface area contributed by atoms with Crippen molar-refractivity contribution in [3.05, 3.63) is 0 Å². The van der Waals surface area contributed by atoms with Crippen molar-refractivity contribution in [2.45, 2.75) is 6.42 Å². The lowest BCUT2D eigenvalue weighted by Crippen LogP contribution is -2.43. The molecule has 5 heteroatoms. The summed E-state index contributed by atoms with van der Waals surface area (Å²) in [5, 5.41) is 2.39. The van der Waals surface area contributed by atoms with Gasteiger partial charge in [-0.1, -0.05) is 0 Å². The Kier molecular flexibility index (Phi) is 2.52. The zero-order valence-electron chi connectivity index (χ0n) is 8.03. The Morgan fingerprint density at radius 1 is 1.36 bits per heavy atom. The molecule has 2 aliphatic heterocycles. The van der Waals surface area contributed by atoms with Gasteiger partial charge in [0.1, 0.15) is 0 Å². The fourth-order valence-electron chi connectivity index (χ4n) is 2.29. The van der Waals surface area contributed by atoms with E-state index in [1.165, 1.54) is 0 Å². The van der Waals surface area contributed by atoms with Crippen molar-refractivity contribution in [1.82, 2.24) is 10.2 Å². The summed E-state index contributed by atoms with van der Waals surface area (Å²) in [7, 11) is 0. The number of imide groups is 1. The molecule has 0 aromatic heterocycles. The molecule has 0 unspecified atom stereocenters. The van der Waals surface area contributed by atoms with Crippen LogP contribution in [0, 0.1) is 11.8 Å². The number of piperidine rings is 1. The predicted octanol–water partition coefficient (Wildman–Crippen LogP) is -1.46. The second kappa shape index (κ2) is 3.67. The van der Waals surface area contributed by atoms with Gasteiger partial charge in [-0.2, -0.15) is 0 Å². The van der Waals surface area contributed by atoms with Crippen LogP contribution in [0.2, 0.25) is 0 Å². The fraction of sp³-hybridized carbons (Fsp3) is 0.778. The summed E-state index contributed by atoms with van der Waals surface area (Å²) in [6.07, 6.45) is 0.780. The molecule has 0 spiro atoms. The van der Waals surface area contributed by atoms with Crippen molar-refractivity contribution in [2.24, 2.45) is 17.6 Å². The maximum Gasteiger partial charge on any atom is 0.231 e. The van der Waals surface area contributed by atoms with Crippen LogP contribution in [0.5, 0.6) is 0 Å². The molecule has 2 aliphatic rings. The lowest BCUT2D eigenvalue weighted by Gasteiger charge is -2.31. The van der Waals surface area contributed by atoms with Gasteiger partial charge >= 0.3 is 0 Å². The number of hydrogen-bond donors (Lipinski definition) is 2. The molecule has 0 aromatic carbocycles. The van der Waals surface area contributed by atoms with Gasteiger partial charge in [0.05, 0.1) is 11.8 Å². The van der Waals surface area contributed by atoms with E-state index >= 15 is 0 Å². The van der Waals surface area contributed by atoms with E-state index in [0.717, 1.165) is 19.5 Å². The van der Waals surface area contributed by atoms with Gasteiger partial charge in [-0.15, -0.1) is 0 Å². The summed E-state index contributed by atoms with van der Waals surface area (Å²) in [5.74, 6) is -0.423. The second-order valence-corrected chi connectivity index (χ2v) is 3.94. The highest BCUT2D eigenvalue weighted by Gasteiger charge is 2.44. The molecular formula is C9H15N3O2. The van der Waals surface area contributed by atoms with E-state index in [4.69, 9.17) is 5.73 Å². The van der Waals surface area contributed by atoms with Gasteiger partial charge in [0.15, 0.2) is 0 Å². The van der Waals surface area contributed by atoms with E-state index in [1.807, 2.05) is 0 Å². The Bertz CT molecular complexity index is 267. The molecule has 14 heavy (non-hydrogen) atoms. The SMILES string of the molecule is NCCN1CC[C@@H]2C(=O)NC(=O)[C@@H]2C1. The molecule has 2 heterocycles. The molecule has 2 amide bonds. The first-order chi connectivity index (χ1) is 6.72. The van der Waals surface area contributed by atoms with Crippen LogP contribution in [-0.4, -0.2) is 42.9 Å². The van der Waals surface area contributed by atoms with Gasteiger partial charge in [-0.3, -0.25) is 14.9 Å². The van der Waals surface area contributed by atoms with Crippen LogP contribution in [0.25, 0.3) is 0 Å². The van der Waals surface area contributed by atoms with Gasteiger partial charge < -0.3 is 10.6 Å². The van der Waals surface area contributed by atoms with Crippen molar-refractivity contribution >= 4 is 11.8 Å². The van der Waals surface area contributed by atoms with E-state index in [9.17, 15) is 9.59 Å². The number of carbonyl (C=O) groups is 2. The summed E-state index contributed by atoms with van der Waals surface area (Å²) in [5.41, 5.74) is 5.45. The van der Waals surface area contributed by atoms with E-state index in [2.05, 4.69) is 10.2 Å². The average molecular weight is 197 g/mol. The Balaban J connectivity index is 2.02. The number of likely N-dealkylation sites (tertiary alicyclic amines) is 1. The number of fused-ring (bicyclic) bond motifs is 1. The van der Waals surface area contributed by atoms with Crippen molar-refractivity contribution in [1.29, 1.82) is 0 Å². The van der Waals surface area contributed by atoms with Gasteiger partial charge in [0, 0.05) is 19.6 Å². The van der Waals surface area contributed by atoms with Crippen molar-refractivity contribution in [3.8, 4) is 0 Å². The summed E-state index contributed by atoms with van der Waals surface area (Å²) in [6.45, 7) is 2.97. The molecular weight excluding hydrogens is 182 g/mol. The third-order valence-corrected chi connectivity index (χ3v) is 3.06. The van der Waals surface area contributed by atoms with Crippen LogP contribution >= 0.6 is 0 Å². The number of rotatable bonds is 2. The Hall–Kier alpha value is -0.940. The minimum absolute atomic E-state index is 0.0866. The first kappa shape index (κ1) is 9.61. The Labute approximate surface area is 82.6 Å². The van der Waals surface area contributed by atoms with Crippen molar-refractivity contribution in [3.63, 3.8) is 0 Å². The molecule has 2 fully saturated rings. The number of nitrogens with zero attached hydrogens (tertiary/aromatic N) is 1. The van der Waals surface area contributed by atoms with Crippen LogP contribution in [-0.2, 0) is 9.59 Å². The maximum absolute atomic E-state index is 11.4. The molecule has 5 nitrogen and oxygen atoms in total. The molecule has 0 aromatic rings. The zero-order chi connectivity index (χ0) is 10.1. The lowest BCUT2D eigenvalue weighted by atomic mass is 9.88. The van der Waals surface area contributed by atoms with Gasteiger partial charge in [-0.25, -0.2) is 0 Å². The molecule has 78 valence electrons. The van der Waals surface area contributed by atoms with E-state index in [0.29, 0.717) is 13.1 Å². The number of carbonyl (C=O) groups excluding carboxylic acids is 2. The average Bonchev–Trinajstić information content (AvgIpc) is 2.43. The molecule has 0 radical (unpaired) electrons. The van der Waals surface area contributed by atoms with Crippen LogP contribution in [0.15, 0.2) is 0 Å². The topological polar surface area (TPSA) is 75.4 Å². The van der Waals surface area contributed by atoms with E-state index < -0.39 is 0 Å². The summed E-state index contributed by atoms with van der Waals surface area (Å²) < 4.78 is 0. The molecule has 3 N–H and O–H groups in total. The minimum atomic E-state index is -0.136. The minimum Gasteiger partial charge on any atom is -0.329 e. The maximum atomic E-state index is 11.4. The van der Waals surface area contributed by atoms with Crippen LogP contribution in [0.1, 0.15) is 6.42 Å². The monoisotopic (exact) mass is 197 g/mol. The van der Waals surface area contributed by atoms with Crippen molar-refractivity contribution < 1.29 is 9.59 Å². The quantitative estimate of drug-likeness (QED) is 0.530. The Morgan fingerprint density at radius 3 is 2.79 bits per heavy atom. The second-order valence-electron chi connectivity index (χ2n) is 3.94. The smallest absolute Gasteiger partial charge is 0.231 e. The van der Waals surface area contributed by atoms with Gasteiger partial charge in [-0.05, 0) is 13.0 Å². The summed E-state index contributed by atoms with van der Waals surface area (Å²) in [4.78, 5) is 24.8. The predicted molar refractivity (Wildman–Crippen MR) is 50.2 cm³/mol. The zero-order valence-corrected chi connectivity index (χ0v) is 8.03. The van der Waals surface area contributed by atoms with Gasteiger partial charge in [0.2, 0.25) is 11.8 Å². The molecule has 2 rings (SSSR count). The molecule has 0 aliphatic carbocycles. The van der Waals surface area contributed by atoms with Gasteiger partial charge in [0.25, 0.3) is 0 Å². The highest BCUT2D eigenvalue weighted by Crippen LogP contribution is 2.27. The number of amides is 2. The highest BCUT2D eigenvalue weighted by molar-refractivity contribution is 6.05. The Morgan fingerprint density at radius 2 is 2.07 bits per heavy atom. The van der Waals surface area contributed by atoms with Crippen LogP contribution < -0.4 is 11.1 Å². The largest absolute Gasteiger partial charge is 0.329 e. The summed E-state index contributed by atoms with van der Waals surface area (Å²) in [6, 6.07) is 0. The number of nitrogens with two attached hydrogens (primary N) is 1. The molecule has 0 saturated carbocycles. The van der Waals surface area contributed by atoms with Crippen LogP contribution in [0.3, 0.4) is 0 Å². The third-order valence-electron chi connectivity index (χ3n) is 3.06. The first-order valence-electron chi connectivity index (χ1n) is 4.99. The summed E-state index contributed by atoms with van der Waals surface area (Å²) >= 11 is 0. The number of hydrogen-bond acceptors (Lipinski definition) is 4. The van der Waals surface area contributed by atoms with E-state index in [1.54, 1.807) is 0 Å². The van der Waals surface area contributed by atoms with Crippen LogP contribution in [0.4, 0.5) is 0 Å². The van der Waals surface area contributed by atoms with E-state index in [-0.39, 0.29) is 23.7 Å². The molecule has 2 saturated heterocycles. The lowest BCUT2D eigenvalue weighted by molar-refractivity contribution is -0.126. The standard InChI is InChI=1S/C9H15N3O2/c10-2-4-12-3-1-6-7(5-12)9(14)11-8(6)13/h6-7H,1-5,10H2,(H,11,13,14)/t6-,7+/m0/s1. The normalized spacial score (nSPS) is 32.9. The third kappa shape index (κ3) is 1.53.